The molecule has 0 aliphatic heterocycles. The summed E-state index contributed by atoms with van der Waals surface area (Å²) in [6, 6.07) is 6.25. The summed E-state index contributed by atoms with van der Waals surface area (Å²) in [5.41, 5.74) is 5.71. The van der Waals surface area contributed by atoms with Gasteiger partial charge in [-0.3, -0.25) is 9.59 Å². The molecule has 1 aromatic carbocycles. The molecule has 2 aromatic rings. The van der Waals surface area contributed by atoms with Crippen LogP contribution in [0.25, 0.3) is 10.9 Å². The van der Waals surface area contributed by atoms with E-state index in [1.165, 1.54) is 13.2 Å². The molecule has 104 valence electrons. The predicted octanol–water partition coefficient (Wildman–Crippen LogP) is 1.42. The van der Waals surface area contributed by atoms with Crippen LogP contribution >= 0.6 is 0 Å². The second-order valence-electron chi connectivity index (χ2n) is 4.22. The number of fused-ring (bicyclic) bond motifs is 1. The lowest BCUT2D eigenvalue weighted by Gasteiger charge is -2.11. The third-order valence-electron chi connectivity index (χ3n) is 3.04. The van der Waals surface area contributed by atoms with Gasteiger partial charge in [0, 0.05) is 17.5 Å². The zero-order valence-electron chi connectivity index (χ0n) is 11.2. The van der Waals surface area contributed by atoms with Crippen molar-refractivity contribution in [2.45, 2.75) is 13.3 Å². The largest absolute Gasteiger partial charge is 0.465 e. The first-order chi connectivity index (χ1) is 9.51. The number of nitrogen functional groups attached to an aromatic ring is 1. The van der Waals surface area contributed by atoms with Gasteiger partial charge < -0.3 is 10.5 Å². The Morgan fingerprint density at radius 3 is 2.65 bits per heavy atom. The second-order valence-corrected chi connectivity index (χ2v) is 4.22. The standard InChI is InChI=1S/C14H14N2O4/c1-3-12(17)16-11-6-4-5-10(15)8(11)7-9(13(16)18)14(19)20-2/h4-7H,3,15H2,1-2H3. The van der Waals surface area contributed by atoms with Crippen LogP contribution in [0.5, 0.6) is 0 Å². The molecule has 0 aliphatic carbocycles. The molecule has 6 nitrogen and oxygen atoms in total. The van der Waals surface area contributed by atoms with E-state index >= 15 is 0 Å². The summed E-state index contributed by atoms with van der Waals surface area (Å²) >= 11 is 0. The third-order valence-corrected chi connectivity index (χ3v) is 3.04. The van der Waals surface area contributed by atoms with Crippen LogP contribution in [0.3, 0.4) is 0 Å². The topological polar surface area (TPSA) is 91.4 Å². The maximum Gasteiger partial charge on any atom is 0.343 e. The minimum absolute atomic E-state index is 0.133. The number of nitrogens with zero attached hydrogens (tertiary/aromatic N) is 1. The highest BCUT2D eigenvalue weighted by molar-refractivity contribution is 6.01. The van der Waals surface area contributed by atoms with Crippen molar-refractivity contribution in [1.29, 1.82) is 0 Å². The van der Waals surface area contributed by atoms with Crippen molar-refractivity contribution < 1.29 is 14.3 Å². The molecule has 0 saturated heterocycles. The van der Waals surface area contributed by atoms with Crippen LogP contribution in [-0.4, -0.2) is 23.6 Å². The monoisotopic (exact) mass is 274 g/mol. The van der Waals surface area contributed by atoms with Crippen LogP contribution in [0.4, 0.5) is 5.69 Å². The van der Waals surface area contributed by atoms with Crippen molar-refractivity contribution in [1.82, 2.24) is 4.57 Å². The second kappa shape index (κ2) is 5.16. The molecule has 0 aliphatic rings. The summed E-state index contributed by atoms with van der Waals surface area (Å²) in [6.45, 7) is 1.64. The highest BCUT2D eigenvalue weighted by Gasteiger charge is 2.19. The number of hydrogen-bond donors (Lipinski definition) is 1. The van der Waals surface area contributed by atoms with Crippen LogP contribution < -0.4 is 11.3 Å². The average molecular weight is 274 g/mol. The Kier molecular flexibility index (Phi) is 3.56. The summed E-state index contributed by atoms with van der Waals surface area (Å²) in [7, 11) is 1.17. The molecule has 0 atom stereocenters. The summed E-state index contributed by atoms with van der Waals surface area (Å²) < 4.78 is 5.54. The number of hydrogen-bond acceptors (Lipinski definition) is 5. The van der Waals surface area contributed by atoms with E-state index in [-0.39, 0.29) is 12.0 Å². The number of carbonyl (C=O) groups is 2. The Labute approximate surface area is 114 Å². The molecule has 20 heavy (non-hydrogen) atoms. The smallest absolute Gasteiger partial charge is 0.343 e. The lowest BCUT2D eigenvalue weighted by atomic mass is 10.1. The molecule has 1 aromatic heterocycles. The van der Waals surface area contributed by atoms with E-state index in [0.717, 1.165) is 4.57 Å². The molecule has 0 bridgehead atoms. The molecule has 0 fully saturated rings. The average Bonchev–Trinajstić information content (AvgIpc) is 2.45. The Bertz CT molecular complexity index is 762. The highest BCUT2D eigenvalue weighted by Crippen LogP contribution is 2.21. The fraction of sp³-hybridized carbons (Fsp3) is 0.214. The van der Waals surface area contributed by atoms with Gasteiger partial charge in [0.1, 0.15) is 5.56 Å². The number of methoxy groups -OCH3 is 1. The number of esters is 1. The summed E-state index contributed by atoms with van der Waals surface area (Å²) in [6.07, 6.45) is 0.133. The Hall–Kier alpha value is -2.63. The summed E-state index contributed by atoms with van der Waals surface area (Å²) in [4.78, 5) is 36.0. The quantitative estimate of drug-likeness (QED) is 0.660. The lowest BCUT2D eigenvalue weighted by molar-refractivity contribution is 0.0598. The van der Waals surface area contributed by atoms with Gasteiger partial charge in [0.15, 0.2) is 0 Å². The van der Waals surface area contributed by atoms with Crippen molar-refractivity contribution in [3.8, 4) is 0 Å². The molecule has 0 unspecified atom stereocenters. The molecular formula is C14H14N2O4. The number of rotatable bonds is 2. The zero-order chi connectivity index (χ0) is 14.9. The number of aromatic nitrogens is 1. The normalized spacial score (nSPS) is 10.5. The molecular weight excluding hydrogens is 260 g/mol. The predicted molar refractivity (Wildman–Crippen MR) is 74.9 cm³/mol. The molecule has 6 heteroatoms. The van der Waals surface area contributed by atoms with Crippen molar-refractivity contribution in [2.24, 2.45) is 0 Å². The zero-order valence-corrected chi connectivity index (χ0v) is 11.2. The van der Waals surface area contributed by atoms with E-state index < -0.39 is 17.4 Å². The molecule has 1 heterocycles. The van der Waals surface area contributed by atoms with Gasteiger partial charge in [-0.2, -0.15) is 0 Å². The van der Waals surface area contributed by atoms with Crippen LogP contribution in [0.1, 0.15) is 28.5 Å². The van der Waals surface area contributed by atoms with Gasteiger partial charge in [-0.1, -0.05) is 13.0 Å². The first-order valence-corrected chi connectivity index (χ1v) is 6.07. The van der Waals surface area contributed by atoms with Crippen LogP contribution in [-0.2, 0) is 4.74 Å². The Morgan fingerprint density at radius 2 is 2.05 bits per heavy atom. The van der Waals surface area contributed by atoms with E-state index in [9.17, 15) is 14.4 Å². The first-order valence-electron chi connectivity index (χ1n) is 6.07. The van der Waals surface area contributed by atoms with E-state index in [4.69, 9.17) is 5.73 Å². The van der Waals surface area contributed by atoms with E-state index in [2.05, 4.69) is 4.74 Å². The molecule has 2 N–H and O–H groups in total. The van der Waals surface area contributed by atoms with Gasteiger partial charge in [0.25, 0.3) is 5.56 Å². The maximum absolute atomic E-state index is 12.3. The lowest BCUT2D eigenvalue weighted by Crippen LogP contribution is -2.31. The minimum Gasteiger partial charge on any atom is -0.465 e. The number of carbonyl (C=O) groups excluding carboxylic acids is 2. The Morgan fingerprint density at radius 1 is 1.35 bits per heavy atom. The SMILES string of the molecule is CCC(=O)n1c(=O)c(C(=O)OC)cc2c(N)cccc21. The molecule has 0 radical (unpaired) electrons. The van der Waals surface area contributed by atoms with Crippen molar-refractivity contribution in [3.63, 3.8) is 0 Å². The Balaban J connectivity index is 2.96. The number of benzene rings is 1. The summed E-state index contributed by atoms with van der Waals surface area (Å²) in [5, 5.41) is 0.467. The molecule has 0 saturated carbocycles. The van der Waals surface area contributed by atoms with E-state index in [0.29, 0.717) is 16.6 Å². The third kappa shape index (κ3) is 2.05. The van der Waals surface area contributed by atoms with Gasteiger partial charge in [0.2, 0.25) is 5.91 Å². The molecule has 2 rings (SSSR count). The van der Waals surface area contributed by atoms with Gasteiger partial charge in [-0.15, -0.1) is 0 Å². The van der Waals surface area contributed by atoms with Gasteiger partial charge >= 0.3 is 5.97 Å². The highest BCUT2D eigenvalue weighted by atomic mass is 16.5. The number of pyridine rings is 1. The van der Waals surface area contributed by atoms with Crippen LogP contribution in [0.2, 0.25) is 0 Å². The van der Waals surface area contributed by atoms with Gasteiger partial charge in [0.05, 0.1) is 12.6 Å². The fourth-order valence-electron chi connectivity index (χ4n) is 2.02. The van der Waals surface area contributed by atoms with Crippen molar-refractivity contribution in [3.05, 3.63) is 40.2 Å². The van der Waals surface area contributed by atoms with Gasteiger partial charge in [-0.05, 0) is 18.2 Å². The first kappa shape index (κ1) is 13.8. The van der Waals surface area contributed by atoms with Gasteiger partial charge in [-0.25, -0.2) is 9.36 Å². The van der Waals surface area contributed by atoms with Crippen molar-refractivity contribution in [2.75, 3.05) is 12.8 Å². The van der Waals surface area contributed by atoms with Crippen molar-refractivity contribution >= 4 is 28.5 Å². The number of ether oxygens (including phenoxy) is 1. The van der Waals surface area contributed by atoms with E-state index in [1.54, 1.807) is 25.1 Å². The molecule has 0 spiro atoms. The van der Waals surface area contributed by atoms with Crippen LogP contribution in [0, 0.1) is 0 Å². The summed E-state index contributed by atoms with van der Waals surface area (Å²) in [5.74, 6) is -1.20. The number of nitrogens with two attached hydrogens (primary N) is 1. The fourth-order valence-corrected chi connectivity index (χ4v) is 2.02. The van der Waals surface area contributed by atoms with E-state index in [1.807, 2.05) is 0 Å². The minimum atomic E-state index is -0.794. The number of anilines is 1. The molecule has 0 amide bonds. The maximum atomic E-state index is 12.3. The van der Waals surface area contributed by atoms with Crippen LogP contribution in [0.15, 0.2) is 29.1 Å².